The number of aliphatic hydroxyl groups excluding tert-OH is 1. The van der Waals surface area contributed by atoms with E-state index in [1.54, 1.807) is 0 Å². The number of rotatable bonds is 3. The Bertz CT molecular complexity index is 350. The van der Waals surface area contributed by atoms with Gasteiger partial charge in [-0.1, -0.05) is 36.8 Å². The third-order valence-corrected chi connectivity index (χ3v) is 3.40. The van der Waals surface area contributed by atoms with E-state index in [2.05, 4.69) is 11.8 Å². The molecule has 1 aromatic rings. The van der Waals surface area contributed by atoms with Gasteiger partial charge in [-0.2, -0.15) is 0 Å². The zero-order chi connectivity index (χ0) is 12.3. The van der Waals surface area contributed by atoms with Gasteiger partial charge in [0.25, 0.3) is 0 Å². The van der Waals surface area contributed by atoms with Crippen molar-refractivity contribution in [3.8, 4) is 0 Å². The number of hydrogen-bond acceptors (Lipinski definition) is 3. The molecule has 2 atom stereocenters. The minimum absolute atomic E-state index is 0.105. The first-order chi connectivity index (χ1) is 8.20. The third kappa shape index (κ3) is 3.06. The van der Waals surface area contributed by atoms with E-state index in [9.17, 15) is 5.11 Å². The summed E-state index contributed by atoms with van der Waals surface area (Å²) in [5.74, 6) is 0. The predicted molar refractivity (Wildman–Crippen MR) is 68.0 cm³/mol. The smallest absolute Gasteiger partial charge is 0.106 e. The van der Waals surface area contributed by atoms with Gasteiger partial charge >= 0.3 is 0 Å². The molecule has 0 aliphatic carbocycles. The molecular formula is C14H21NO2. The van der Waals surface area contributed by atoms with Crippen molar-refractivity contribution in [1.82, 2.24) is 4.90 Å². The number of likely N-dealkylation sites (N-methyl/N-ethyl adjacent to an activating group) is 1. The van der Waals surface area contributed by atoms with E-state index < -0.39 is 6.10 Å². The number of aliphatic hydroxyl groups is 1. The number of benzene rings is 1. The fraction of sp³-hybridized carbons (Fsp3) is 0.571. The van der Waals surface area contributed by atoms with Crippen LogP contribution < -0.4 is 0 Å². The summed E-state index contributed by atoms with van der Waals surface area (Å²) in [5, 5.41) is 10.3. The van der Waals surface area contributed by atoms with Crippen molar-refractivity contribution in [3.63, 3.8) is 0 Å². The van der Waals surface area contributed by atoms with Crippen molar-refractivity contribution in [1.29, 1.82) is 0 Å². The van der Waals surface area contributed by atoms with Crippen LogP contribution in [0, 0.1) is 6.92 Å². The van der Waals surface area contributed by atoms with Crippen LogP contribution in [0.3, 0.4) is 0 Å². The van der Waals surface area contributed by atoms with Crippen LogP contribution in [0.1, 0.15) is 24.2 Å². The first-order valence-electron chi connectivity index (χ1n) is 6.29. The predicted octanol–water partition coefficient (Wildman–Crippen LogP) is 1.75. The molecule has 1 saturated heterocycles. The molecule has 94 valence electrons. The minimum Gasteiger partial charge on any atom is -0.386 e. The molecule has 3 nitrogen and oxygen atoms in total. The standard InChI is InChI=1S/C14H21NO2/c1-3-15-8-9-17-13(10-15)14(16)12-6-4-11(2)5-7-12/h4-7,13-14,16H,3,8-10H2,1-2H3. The second-order valence-electron chi connectivity index (χ2n) is 4.66. The summed E-state index contributed by atoms with van der Waals surface area (Å²) in [6.07, 6.45) is -0.628. The SMILES string of the molecule is CCN1CCOC(C(O)c2ccc(C)cc2)C1. The molecule has 0 spiro atoms. The van der Waals surface area contributed by atoms with Crippen molar-refractivity contribution < 1.29 is 9.84 Å². The molecule has 3 heteroatoms. The van der Waals surface area contributed by atoms with E-state index in [0.29, 0.717) is 6.61 Å². The van der Waals surface area contributed by atoms with Gasteiger partial charge in [0.1, 0.15) is 12.2 Å². The van der Waals surface area contributed by atoms with Crippen LogP contribution in [0.2, 0.25) is 0 Å². The van der Waals surface area contributed by atoms with Crippen molar-refractivity contribution in [2.24, 2.45) is 0 Å². The molecule has 17 heavy (non-hydrogen) atoms. The lowest BCUT2D eigenvalue weighted by Crippen LogP contribution is -2.44. The van der Waals surface area contributed by atoms with Gasteiger partial charge in [0.15, 0.2) is 0 Å². The molecule has 1 aromatic carbocycles. The van der Waals surface area contributed by atoms with Crippen LogP contribution in [0.25, 0.3) is 0 Å². The Balaban J connectivity index is 2.03. The van der Waals surface area contributed by atoms with Gasteiger partial charge in [-0.25, -0.2) is 0 Å². The fourth-order valence-electron chi connectivity index (χ4n) is 2.19. The molecule has 2 unspecified atom stereocenters. The molecule has 1 aliphatic heterocycles. The quantitative estimate of drug-likeness (QED) is 0.866. The normalized spacial score (nSPS) is 23.6. The second kappa shape index (κ2) is 5.63. The average molecular weight is 235 g/mol. The lowest BCUT2D eigenvalue weighted by Gasteiger charge is -2.34. The number of ether oxygens (including phenoxy) is 1. The van der Waals surface area contributed by atoms with Gasteiger partial charge in [-0.3, -0.25) is 4.90 Å². The molecular weight excluding hydrogens is 214 g/mol. The van der Waals surface area contributed by atoms with Gasteiger partial charge in [0, 0.05) is 13.1 Å². The fourth-order valence-corrected chi connectivity index (χ4v) is 2.19. The maximum absolute atomic E-state index is 10.3. The maximum atomic E-state index is 10.3. The summed E-state index contributed by atoms with van der Waals surface area (Å²) < 4.78 is 5.66. The Labute approximate surface area is 103 Å². The molecule has 0 bridgehead atoms. The number of morpholine rings is 1. The van der Waals surface area contributed by atoms with E-state index in [1.165, 1.54) is 5.56 Å². The highest BCUT2D eigenvalue weighted by Gasteiger charge is 2.26. The lowest BCUT2D eigenvalue weighted by atomic mass is 10.0. The summed E-state index contributed by atoms with van der Waals surface area (Å²) in [5.41, 5.74) is 2.15. The van der Waals surface area contributed by atoms with E-state index in [-0.39, 0.29) is 6.10 Å². The van der Waals surface area contributed by atoms with Crippen LogP contribution in [0.5, 0.6) is 0 Å². The molecule has 0 saturated carbocycles. The summed E-state index contributed by atoms with van der Waals surface area (Å²) >= 11 is 0. The molecule has 1 heterocycles. The highest BCUT2D eigenvalue weighted by atomic mass is 16.5. The van der Waals surface area contributed by atoms with Crippen molar-refractivity contribution in [2.75, 3.05) is 26.2 Å². The van der Waals surface area contributed by atoms with Gasteiger partial charge in [0.2, 0.25) is 0 Å². The molecule has 0 radical (unpaired) electrons. The van der Waals surface area contributed by atoms with E-state index in [1.807, 2.05) is 31.2 Å². The molecule has 1 N–H and O–H groups in total. The Morgan fingerprint density at radius 2 is 2.12 bits per heavy atom. The highest BCUT2D eigenvalue weighted by molar-refractivity contribution is 5.24. The molecule has 2 rings (SSSR count). The highest BCUT2D eigenvalue weighted by Crippen LogP contribution is 2.22. The molecule has 0 aromatic heterocycles. The number of hydrogen-bond donors (Lipinski definition) is 1. The summed E-state index contributed by atoms with van der Waals surface area (Å²) in [6.45, 7) is 7.69. The Morgan fingerprint density at radius 1 is 1.41 bits per heavy atom. The number of aryl methyl sites for hydroxylation is 1. The Morgan fingerprint density at radius 3 is 2.76 bits per heavy atom. The first kappa shape index (κ1) is 12.6. The number of nitrogens with zero attached hydrogens (tertiary/aromatic N) is 1. The van der Waals surface area contributed by atoms with Gasteiger partial charge in [-0.15, -0.1) is 0 Å². The van der Waals surface area contributed by atoms with Crippen molar-refractivity contribution in [2.45, 2.75) is 26.1 Å². The molecule has 1 aliphatic rings. The van der Waals surface area contributed by atoms with Gasteiger partial charge in [0.05, 0.1) is 6.61 Å². The maximum Gasteiger partial charge on any atom is 0.106 e. The first-order valence-corrected chi connectivity index (χ1v) is 6.29. The summed E-state index contributed by atoms with van der Waals surface area (Å²) in [4.78, 5) is 2.31. The van der Waals surface area contributed by atoms with Crippen LogP contribution in [0.15, 0.2) is 24.3 Å². The zero-order valence-corrected chi connectivity index (χ0v) is 10.6. The van der Waals surface area contributed by atoms with Crippen molar-refractivity contribution >= 4 is 0 Å². The average Bonchev–Trinajstić information content (AvgIpc) is 2.39. The molecule has 0 amide bonds. The second-order valence-corrected chi connectivity index (χ2v) is 4.66. The summed E-state index contributed by atoms with van der Waals surface area (Å²) in [7, 11) is 0. The third-order valence-electron chi connectivity index (χ3n) is 3.40. The summed E-state index contributed by atoms with van der Waals surface area (Å²) in [6, 6.07) is 8.01. The monoisotopic (exact) mass is 235 g/mol. The Kier molecular flexibility index (Phi) is 4.15. The van der Waals surface area contributed by atoms with E-state index in [0.717, 1.165) is 25.2 Å². The van der Waals surface area contributed by atoms with Gasteiger partial charge < -0.3 is 9.84 Å². The molecule has 1 fully saturated rings. The topological polar surface area (TPSA) is 32.7 Å². The largest absolute Gasteiger partial charge is 0.386 e. The van der Waals surface area contributed by atoms with Crippen LogP contribution >= 0.6 is 0 Å². The lowest BCUT2D eigenvalue weighted by molar-refractivity contribution is -0.0888. The van der Waals surface area contributed by atoms with Crippen LogP contribution in [-0.4, -0.2) is 42.4 Å². The van der Waals surface area contributed by atoms with E-state index in [4.69, 9.17) is 4.74 Å². The Hall–Kier alpha value is -0.900. The van der Waals surface area contributed by atoms with Gasteiger partial charge in [-0.05, 0) is 19.0 Å². The minimum atomic E-state index is -0.523. The van der Waals surface area contributed by atoms with Crippen LogP contribution in [0.4, 0.5) is 0 Å². The van der Waals surface area contributed by atoms with Crippen molar-refractivity contribution in [3.05, 3.63) is 35.4 Å². The van der Waals surface area contributed by atoms with E-state index >= 15 is 0 Å². The van der Waals surface area contributed by atoms with Crippen LogP contribution in [-0.2, 0) is 4.74 Å². The zero-order valence-electron chi connectivity index (χ0n) is 10.6.